The molecule has 7 nitrogen and oxygen atoms in total. The normalized spacial score (nSPS) is 18.8. The predicted octanol–water partition coefficient (Wildman–Crippen LogP) is 3.38. The zero-order chi connectivity index (χ0) is 20.2. The summed E-state index contributed by atoms with van der Waals surface area (Å²) in [6.07, 6.45) is 3.59. The first-order valence-corrected chi connectivity index (χ1v) is 11.0. The van der Waals surface area contributed by atoms with Gasteiger partial charge in [-0.05, 0) is 43.0 Å². The van der Waals surface area contributed by atoms with Crippen LogP contribution >= 0.6 is 11.3 Å². The molecular weight excluding hydrogens is 388 g/mol. The number of nitrogens with zero attached hydrogens (tertiary/aromatic N) is 4. The predicted molar refractivity (Wildman–Crippen MR) is 111 cm³/mol. The minimum Gasteiger partial charge on any atom is -0.418 e. The summed E-state index contributed by atoms with van der Waals surface area (Å²) in [6.45, 7) is 3.84. The number of anilines is 1. The molecule has 2 saturated heterocycles. The highest BCUT2D eigenvalue weighted by Crippen LogP contribution is 2.33. The van der Waals surface area contributed by atoms with Crippen molar-refractivity contribution in [3.63, 3.8) is 0 Å². The molecule has 0 N–H and O–H groups in total. The second-order valence-electron chi connectivity index (χ2n) is 7.75. The van der Waals surface area contributed by atoms with Crippen molar-refractivity contribution in [1.29, 1.82) is 5.26 Å². The summed E-state index contributed by atoms with van der Waals surface area (Å²) in [5, 5.41) is 11.4. The lowest BCUT2D eigenvalue weighted by molar-refractivity contribution is -0.137. The molecule has 4 heterocycles. The maximum Gasteiger partial charge on any atom is 0.240 e. The Morgan fingerprint density at radius 2 is 2.07 bits per heavy atom. The van der Waals surface area contributed by atoms with Crippen molar-refractivity contribution in [3.8, 4) is 16.8 Å². The summed E-state index contributed by atoms with van der Waals surface area (Å²) in [5.74, 6) is 1.92. The summed E-state index contributed by atoms with van der Waals surface area (Å²) in [7, 11) is 1.74. The van der Waals surface area contributed by atoms with Gasteiger partial charge in [0.25, 0.3) is 0 Å². The fourth-order valence-electron chi connectivity index (χ4n) is 4.25. The second-order valence-corrected chi connectivity index (χ2v) is 8.69. The van der Waals surface area contributed by atoms with E-state index in [1.807, 2.05) is 22.4 Å². The standard InChI is InChI=1S/C21H26N4O3S/c1-27-14-15-4-8-24(9-5-15)20(26)16-6-10-25(11-7-16)21-17(13-22)23-19(28-21)18-3-2-12-29-18/h2-3,12,15-16H,4-11,14H2,1H3. The highest BCUT2D eigenvalue weighted by atomic mass is 32.1. The molecule has 0 spiro atoms. The van der Waals surface area contributed by atoms with Crippen molar-refractivity contribution in [2.45, 2.75) is 25.7 Å². The van der Waals surface area contributed by atoms with Gasteiger partial charge >= 0.3 is 0 Å². The van der Waals surface area contributed by atoms with Crippen molar-refractivity contribution in [3.05, 3.63) is 23.2 Å². The number of likely N-dealkylation sites (tertiary alicyclic amines) is 1. The molecule has 0 bridgehead atoms. The van der Waals surface area contributed by atoms with E-state index in [4.69, 9.17) is 9.15 Å². The number of aromatic nitrogens is 1. The molecule has 0 aromatic carbocycles. The molecule has 1 amide bonds. The number of nitriles is 1. The van der Waals surface area contributed by atoms with Gasteiger partial charge in [0.1, 0.15) is 6.07 Å². The van der Waals surface area contributed by atoms with Crippen LogP contribution in [0, 0.1) is 23.2 Å². The molecule has 0 atom stereocenters. The van der Waals surface area contributed by atoms with Gasteiger partial charge in [-0.1, -0.05) is 6.07 Å². The largest absolute Gasteiger partial charge is 0.418 e. The Kier molecular flexibility index (Phi) is 6.16. The average molecular weight is 415 g/mol. The first kappa shape index (κ1) is 19.9. The highest BCUT2D eigenvalue weighted by Gasteiger charge is 2.32. The number of carbonyl (C=O) groups is 1. The third-order valence-electron chi connectivity index (χ3n) is 5.91. The number of carbonyl (C=O) groups excluding carboxylic acids is 1. The van der Waals surface area contributed by atoms with Gasteiger partial charge < -0.3 is 19.0 Å². The molecule has 2 aromatic heterocycles. The molecule has 0 aliphatic carbocycles. The van der Waals surface area contributed by atoms with Gasteiger partial charge in [-0.25, -0.2) is 0 Å². The second kappa shape index (κ2) is 8.97. The minimum atomic E-state index is 0.0513. The lowest BCUT2D eigenvalue weighted by Gasteiger charge is -2.37. The van der Waals surface area contributed by atoms with Gasteiger partial charge in [-0.2, -0.15) is 10.2 Å². The number of hydrogen-bond acceptors (Lipinski definition) is 7. The molecular formula is C21H26N4O3S. The lowest BCUT2D eigenvalue weighted by atomic mass is 9.92. The molecule has 2 aromatic rings. The van der Waals surface area contributed by atoms with E-state index in [0.29, 0.717) is 36.5 Å². The van der Waals surface area contributed by atoms with Crippen molar-refractivity contribution in [1.82, 2.24) is 9.88 Å². The maximum absolute atomic E-state index is 12.9. The number of thiophene rings is 1. The van der Waals surface area contributed by atoms with Gasteiger partial charge in [0, 0.05) is 45.8 Å². The number of oxazole rings is 1. The average Bonchev–Trinajstić information content (AvgIpc) is 3.44. The summed E-state index contributed by atoms with van der Waals surface area (Å²) in [4.78, 5) is 22.3. The van der Waals surface area contributed by atoms with Crippen LogP contribution < -0.4 is 4.90 Å². The van der Waals surface area contributed by atoms with Crippen molar-refractivity contribution >= 4 is 23.1 Å². The van der Waals surface area contributed by atoms with Gasteiger partial charge in [0.15, 0.2) is 0 Å². The lowest BCUT2D eigenvalue weighted by Crippen LogP contribution is -2.46. The van der Waals surface area contributed by atoms with E-state index in [1.165, 1.54) is 11.3 Å². The number of piperidine rings is 2. The molecule has 4 rings (SSSR count). The van der Waals surface area contributed by atoms with Crippen molar-refractivity contribution < 1.29 is 13.9 Å². The first-order chi connectivity index (χ1) is 14.2. The van der Waals surface area contributed by atoms with E-state index in [0.717, 1.165) is 50.3 Å². The van der Waals surface area contributed by atoms with Crippen LogP contribution in [0.1, 0.15) is 31.4 Å². The van der Waals surface area contributed by atoms with Crippen LogP contribution in [0.4, 0.5) is 5.88 Å². The summed E-state index contributed by atoms with van der Waals surface area (Å²) < 4.78 is 11.2. The number of hydrogen-bond donors (Lipinski definition) is 0. The molecule has 2 aliphatic heterocycles. The topological polar surface area (TPSA) is 82.6 Å². The quantitative estimate of drug-likeness (QED) is 0.746. The van der Waals surface area contributed by atoms with Crippen LogP contribution in [-0.4, -0.2) is 55.7 Å². The van der Waals surface area contributed by atoms with E-state index in [-0.39, 0.29) is 11.8 Å². The number of amides is 1. The van der Waals surface area contributed by atoms with Gasteiger partial charge in [-0.3, -0.25) is 4.79 Å². The zero-order valence-electron chi connectivity index (χ0n) is 16.7. The van der Waals surface area contributed by atoms with Gasteiger partial charge in [-0.15, -0.1) is 11.3 Å². The SMILES string of the molecule is COCC1CCN(C(=O)C2CCN(c3oc(-c4cccs4)nc3C#N)CC2)CC1. The van der Waals surface area contributed by atoms with Crippen LogP contribution in [-0.2, 0) is 9.53 Å². The Labute approximate surface area is 174 Å². The number of methoxy groups -OCH3 is 1. The van der Waals surface area contributed by atoms with Crippen LogP contribution in [0.5, 0.6) is 0 Å². The Morgan fingerprint density at radius 3 is 2.69 bits per heavy atom. The van der Waals surface area contributed by atoms with Gasteiger partial charge in [0.05, 0.1) is 4.88 Å². The summed E-state index contributed by atoms with van der Waals surface area (Å²) in [6, 6.07) is 6.02. The molecule has 29 heavy (non-hydrogen) atoms. The fraction of sp³-hybridized carbons (Fsp3) is 0.571. The van der Waals surface area contributed by atoms with Gasteiger partial charge in [0.2, 0.25) is 23.4 Å². The Hall–Kier alpha value is -2.37. The van der Waals surface area contributed by atoms with E-state index in [9.17, 15) is 10.1 Å². The Balaban J connectivity index is 1.35. The zero-order valence-corrected chi connectivity index (χ0v) is 17.5. The smallest absolute Gasteiger partial charge is 0.240 e. The number of rotatable bonds is 5. The third-order valence-corrected chi connectivity index (χ3v) is 6.76. The highest BCUT2D eigenvalue weighted by molar-refractivity contribution is 7.13. The Morgan fingerprint density at radius 1 is 1.31 bits per heavy atom. The maximum atomic E-state index is 12.9. The molecule has 2 fully saturated rings. The van der Waals surface area contributed by atoms with E-state index in [2.05, 4.69) is 16.0 Å². The summed E-state index contributed by atoms with van der Waals surface area (Å²) in [5.41, 5.74) is 0.318. The number of ether oxygens (including phenoxy) is 1. The molecule has 154 valence electrons. The third kappa shape index (κ3) is 4.31. The van der Waals surface area contributed by atoms with Crippen LogP contribution in [0.15, 0.2) is 21.9 Å². The first-order valence-electron chi connectivity index (χ1n) is 10.2. The summed E-state index contributed by atoms with van der Waals surface area (Å²) >= 11 is 1.54. The van der Waals surface area contributed by atoms with E-state index in [1.54, 1.807) is 7.11 Å². The Bertz CT molecular complexity index is 857. The molecule has 0 radical (unpaired) electrons. The monoisotopic (exact) mass is 414 g/mol. The minimum absolute atomic E-state index is 0.0513. The van der Waals surface area contributed by atoms with Crippen LogP contribution in [0.3, 0.4) is 0 Å². The molecule has 0 unspecified atom stereocenters. The van der Waals surface area contributed by atoms with E-state index >= 15 is 0 Å². The van der Waals surface area contributed by atoms with Crippen molar-refractivity contribution in [2.24, 2.45) is 11.8 Å². The molecule has 2 aliphatic rings. The van der Waals surface area contributed by atoms with Crippen LogP contribution in [0.2, 0.25) is 0 Å². The van der Waals surface area contributed by atoms with E-state index < -0.39 is 0 Å². The van der Waals surface area contributed by atoms with Crippen LogP contribution in [0.25, 0.3) is 10.8 Å². The molecule has 8 heteroatoms. The van der Waals surface area contributed by atoms with Crippen molar-refractivity contribution in [2.75, 3.05) is 44.8 Å². The fourth-order valence-corrected chi connectivity index (χ4v) is 4.90. The molecule has 0 saturated carbocycles.